The lowest BCUT2D eigenvalue weighted by Crippen LogP contribution is -2.49. The van der Waals surface area contributed by atoms with Crippen LogP contribution in [0.1, 0.15) is 36.8 Å². The number of amides is 4. The maximum absolute atomic E-state index is 12.0. The Morgan fingerprint density at radius 3 is 2.80 bits per heavy atom. The molecule has 1 aromatic rings. The Morgan fingerprint density at radius 1 is 1.28 bits per heavy atom. The number of hydrogen-bond acceptors (Lipinski definition) is 4. The largest absolute Gasteiger partial charge is 0.352 e. The van der Waals surface area contributed by atoms with E-state index in [0.29, 0.717) is 19.5 Å². The van der Waals surface area contributed by atoms with Gasteiger partial charge in [-0.1, -0.05) is 6.07 Å². The number of carbonyl (C=O) groups excluding carboxylic acids is 3. The van der Waals surface area contributed by atoms with Gasteiger partial charge in [0.05, 0.1) is 0 Å². The zero-order valence-electron chi connectivity index (χ0n) is 14.9. The second-order valence-corrected chi connectivity index (χ2v) is 6.20. The van der Waals surface area contributed by atoms with E-state index in [0.717, 1.165) is 36.2 Å². The van der Waals surface area contributed by atoms with Gasteiger partial charge < -0.3 is 10.6 Å². The van der Waals surface area contributed by atoms with Gasteiger partial charge in [0.25, 0.3) is 0 Å². The van der Waals surface area contributed by atoms with Gasteiger partial charge in [-0.05, 0) is 56.6 Å². The number of hydrogen-bond donors (Lipinski definition) is 3. The first-order valence-electron chi connectivity index (χ1n) is 8.63. The average Bonchev–Trinajstić information content (AvgIpc) is 2.58. The van der Waals surface area contributed by atoms with Crippen LogP contribution >= 0.6 is 0 Å². The highest BCUT2D eigenvalue weighted by molar-refractivity contribution is 6.05. The normalized spacial score (nSPS) is 14.4. The van der Waals surface area contributed by atoms with E-state index in [9.17, 15) is 14.4 Å². The van der Waals surface area contributed by atoms with Crippen molar-refractivity contribution in [3.63, 3.8) is 0 Å². The van der Waals surface area contributed by atoms with Crippen LogP contribution in [-0.4, -0.2) is 38.0 Å². The second kappa shape index (κ2) is 9.17. The van der Waals surface area contributed by atoms with Crippen LogP contribution in [0, 0.1) is 6.92 Å². The van der Waals surface area contributed by atoms with E-state index in [1.807, 2.05) is 32.2 Å². The van der Waals surface area contributed by atoms with Crippen LogP contribution < -0.4 is 20.9 Å². The molecule has 4 amide bonds. The van der Waals surface area contributed by atoms with Gasteiger partial charge in [-0.3, -0.25) is 19.8 Å². The summed E-state index contributed by atoms with van der Waals surface area (Å²) in [6, 6.07) is 5.27. The molecule has 1 heterocycles. The number of aryl methyl sites for hydroxylation is 1. The summed E-state index contributed by atoms with van der Waals surface area (Å²) in [6.45, 7) is 3.68. The minimum atomic E-state index is -0.403. The maximum atomic E-state index is 12.0. The number of carbonyl (C=O) groups is 3. The number of rotatable bonds is 8. The molecule has 0 spiro atoms. The quantitative estimate of drug-likeness (QED) is 0.622. The third-order valence-electron chi connectivity index (χ3n) is 4.25. The summed E-state index contributed by atoms with van der Waals surface area (Å²) >= 11 is 0. The minimum Gasteiger partial charge on any atom is -0.352 e. The van der Waals surface area contributed by atoms with Crippen LogP contribution in [0.5, 0.6) is 0 Å². The van der Waals surface area contributed by atoms with Crippen molar-refractivity contribution < 1.29 is 14.4 Å². The van der Waals surface area contributed by atoms with Gasteiger partial charge in [0.2, 0.25) is 11.8 Å². The Morgan fingerprint density at radius 2 is 2.08 bits per heavy atom. The third kappa shape index (κ3) is 5.56. The van der Waals surface area contributed by atoms with Crippen molar-refractivity contribution >= 4 is 23.5 Å². The number of nitrogens with one attached hydrogen (secondary N) is 3. The summed E-state index contributed by atoms with van der Waals surface area (Å²) in [5.74, 6) is -0.221. The summed E-state index contributed by atoms with van der Waals surface area (Å²) in [6.07, 6.45) is 2.63. The molecular formula is C18H26N4O3. The topological polar surface area (TPSA) is 90.5 Å². The van der Waals surface area contributed by atoms with E-state index in [-0.39, 0.29) is 18.2 Å². The van der Waals surface area contributed by atoms with Crippen LogP contribution in [0.4, 0.5) is 10.5 Å². The van der Waals surface area contributed by atoms with Crippen molar-refractivity contribution in [2.45, 2.75) is 39.2 Å². The first-order chi connectivity index (χ1) is 12.0. The summed E-state index contributed by atoms with van der Waals surface area (Å²) in [5, 5.41) is 8.31. The molecule has 0 bridgehead atoms. The fourth-order valence-electron chi connectivity index (χ4n) is 2.70. The van der Waals surface area contributed by atoms with Crippen molar-refractivity contribution in [2.24, 2.45) is 0 Å². The summed E-state index contributed by atoms with van der Waals surface area (Å²) in [5.41, 5.74) is 2.74. The SMILES string of the molecule is CNCCCCC(=O)NCc1cc(N2CCC(=O)NC2=O)ccc1C. The van der Waals surface area contributed by atoms with E-state index in [1.54, 1.807) is 4.90 Å². The highest BCUT2D eigenvalue weighted by atomic mass is 16.2. The van der Waals surface area contributed by atoms with Crippen molar-refractivity contribution in [1.29, 1.82) is 0 Å². The zero-order chi connectivity index (χ0) is 18.2. The lowest BCUT2D eigenvalue weighted by Gasteiger charge is -2.27. The second-order valence-electron chi connectivity index (χ2n) is 6.20. The minimum absolute atomic E-state index is 0.0298. The molecule has 25 heavy (non-hydrogen) atoms. The predicted molar refractivity (Wildman–Crippen MR) is 96.3 cm³/mol. The molecule has 0 aromatic heterocycles. The Balaban J connectivity index is 1.94. The van der Waals surface area contributed by atoms with Gasteiger partial charge in [0, 0.05) is 31.6 Å². The Labute approximate surface area is 148 Å². The van der Waals surface area contributed by atoms with Crippen LogP contribution in [0.15, 0.2) is 18.2 Å². The van der Waals surface area contributed by atoms with Crippen LogP contribution in [0.2, 0.25) is 0 Å². The molecule has 0 saturated carbocycles. The Hall–Kier alpha value is -2.41. The highest BCUT2D eigenvalue weighted by Crippen LogP contribution is 2.21. The number of unbranched alkanes of at least 4 members (excludes halogenated alkanes) is 1. The Kier molecular flexibility index (Phi) is 6.94. The van der Waals surface area contributed by atoms with Crippen LogP contribution in [-0.2, 0) is 16.1 Å². The average molecular weight is 346 g/mol. The van der Waals surface area contributed by atoms with Gasteiger partial charge in [-0.2, -0.15) is 0 Å². The van der Waals surface area contributed by atoms with E-state index >= 15 is 0 Å². The standard InChI is InChI=1S/C18H26N4O3/c1-13-6-7-15(22-10-8-17(24)21-18(22)25)11-14(13)12-20-16(23)5-3-4-9-19-2/h6-7,11,19H,3-5,8-10,12H2,1-2H3,(H,20,23)(H,21,24,25). The van der Waals surface area contributed by atoms with E-state index < -0.39 is 6.03 Å². The van der Waals surface area contributed by atoms with Crippen LogP contribution in [0.3, 0.4) is 0 Å². The van der Waals surface area contributed by atoms with E-state index in [1.165, 1.54) is 0 Å². The maximum Gasteiger partial charge on any atom is 0.328 e. The molecule has 7 heteroatoms. The number of nitrogens with zero attached hydrogens (tertiary/aromatic N) is 1. The van der Waals surface area contributed by atoms with Gasteiger partial charge in [0.1, 0.15) is 0 Å². The lowest BCUT2D eigenvalue weighted by atomic mass is 10.1. The fourth-order valence-corrected chi connectivity index (χ4v) is 2.70. The monoisotopic (exact) mass is 346 g/mol. The number of urea groups is 1. The molecule has 1 saturated heterocycles. The zero-order valence-corrected chi connectivity index (χ0v) is 14.9. The highest BCUT2D eigenvalue weighted by Gasteiger charge is 2.24. The van der Waals surface area contributed by atoms with Gasteiger partial charge >= 0.3 is 6.03 Å². The molecule has 136 valence electrons. The van der Waals surface area contributed by atoms with Crippen molar-refractivity contribution in [1.82, 2.24) is 16.0 Å². The number of anilines is 1. The molecule has 2 rings (SSSR count). The van der Waals surface area contributed by atoms with Crippen molar-refractivity contribution in [3.8, 4) is 0 Å². The molecule has 1 aliphatic heterocycles. The van der Waals surface area contributed by atoms with Crippen molar-refractivity contribution in [3.05, 3.63) is 29.3 Å². The summed E-state index contributed by atoms with van der Waals surface area (Å²) < 4.78 is 0. The van der Waals surface area contributed by atoms with Crippen LogP contribution in [0.25, 0.3) is 0 Å². The molecule has 1 fully saturated rings. The van der Waals surface area contributed by atoms with Gasteiger partial charge in [0.15, 0.2) is 0 Å². The number of imide groups is 1. The molecule has 0 atom stereocenters. The molecule has 1 aliphatic rings. The van der Waals surface area contributed by atoms with E-state index in [4.69, 9.17) is 0 Å². The predicted octanol–water partition coefficient (Wildman–Crippen LogP) is 1.45. The summed E-state index contributed by atoms with van der Waals surface area (Å²) in [7, 11) is 1.90. The smallest absolute Gasteiger partial charge is 0.328 e. The first-order valence-corrected chi connectivity index (χ1v) is 8.63. The van der Waals surface area contributed by atoms with Crippen molar-refractivity contribution in [2.75, 3.05) is 25.0 Å². The lowest BCUT2D eigenvalue weighted by molar-refractivity contribution is -0.121. The molecule has 0 aliphatic carbocycles. The molecular weight excluding hydrogens is 320 g/mol. The Bertz CT molecular complexity index is 645. The molecule has 1 aromatic carbocycles. The van der Waals surface area contributed by atoms with E-state index in [2.05, 4.69) is 16.0 Å². The fraction of sp³-hybridized carbons (Fsp3) is 0.500. The van der Waals surface area contributed by atoms with Gasteiger partial charge in [-0.15, -0.1) is 0 Å². The molecule has 7 nitrogen and oxygen atoms in total. The number of benzene rings is 1. The molecule has 3 N–H and O–H groups in total. The summed E-state index contributed by atoms with van der Waals surface area (Å²) in [4.78, 5) is 36.7. The molecule has 0 unspecified atom stereocenters. The molecule has 0 radical (unpaired) electrons. The third-order valence-corrected chi connectivity index (χ3v) is 4.25. The van der Waals surface area contributed by atoms with Gasteiger partial charge in [-0.25, -0.2) is 4.79 Å². The first kappa shape index (κ1) is 18.9.